The largest absolute Gasteiger partial charge is 0.356 e. The van der Waals surface area contributed by atoms with E-state index in [4.69, 9.17) is 27.4 Å². The molecule has 0 unspecified atom stereocenters. The Labute approximate surface area is 220 Å². The first-order valence-electron chi connectivity index (χ1n) is 12.5. The van der Waals surface area contributed by atoms with E-state index in [0.29, 0.717) is 29.4 Å². The zero-order valence-corrected chi connectivity index (χ0v) is 22.3. The molecule has 4 heterocycles. The monoisotopic (exact) mass is 543 g/mol. The second-order valence-electron chi connectivity index (χ2n) is 10.5. The second kappa shape index (κ2) is 8.85. The Morgan fingerprint density at radius 2 is 1.95 bits per heavy atom. The second-order valence-corrected chi connectivity index (χ2v) is 12.7. The van der Waals surface area contributed by atoms with Crippen LogP contribution in [-0.4, -0.2) is 65.8 Å². The lowest BCUT2D eigenvalue weighted by molar-refractivity contribution is 0.0607. The summed E-state index contributed by atoms with van der Waals surface area (Å²) in [7, 11) is -3.58. The average molecular weight is 544 g/mol. The third-order valence-electron chi connectivity index (χ3n) is 7.80. The van der Waals surface area contributed by atoms with Gasteiger partial charge in [-0.1, -0.05) is 11.6 Å². The van der Waals surface area contributed by atoms with Gasteiger partial charge in [-0.15, -0.1) is 0 Å². The van der Waals surface area contributed by atoms with Gasteiger partial charge in [-0.05, 0) is 56.2 Å². The molecule has 2 saturated heterocycles. The highest BCUT2D eigenvalue weighted by Crippen LogP contribution is 2.45. The topological polar surface area (TPSA) is 126 Å². The Morgan fingerprint density at radius 1 is 1.19 bits per heavy atom. The van der Waals surface area contributed by atoms with Gasteiger partial charge in [0, 0.05) is 48.5 Å². The minimum absolute atomic E-state index is 0.210. The fraction of sp³-hybridized carbons (Fsp3) is 0.480. The minimum atomic E-state index is -3.58. The molecule has 0 spiro atoms. The number of sulfonamides is 1. The number of hydrogen-bond donors (Lipinski definition) is 2. The standard InChI is InChI=1S/C25H30ClN7O3S/c1-14-11-33-22(28-24(14)31-12-17-18(13-31)23(17)27)10-20(29-33)21-5-3-4-8-32(21)25(34)16-9-15(26)6-7-19(16)30-37(2,35)36/h6-7,9-11,17-18,21,23,30H,3-5,8,12-13,27H2,1-2H3/t17-,18+,21-,23+/m0/s1. The summed E-state index contributed by atoms with van der Waals surface area (Å²) >= 11 is 6.20. The van der Waals surface area contributed by atoms with Crippen LogP contribution in [0.25, 0.3) is 5.65 Å². The van der Waals surface area contributed by atoms with Crippen molar-refractivity contribution < 1.29 is 13.2 Å². The summed E-state index contributed by atoms with van der Waals surface area (Å²) in [6, 6.07) is 6.61. The number of aromatic nitrogens is 3. The van der Waals surface area contributed by atoms with Crippen LogP contribution in [0.15, 0.2) is 30.5 Å². The lowest BCUT2D eigenvalue weighted by atomic mass is 9.98. The molecule has 1 saturated carbocycles. The molecule has 6 rings (SSSR count). The van der Waals surface area contributed by atoms with Gasteiger partial charge in [0.25, 0.3) is 5.91 Å². The molecule has 1 aromatic carbocycles. The third-order valence-corrected chi connectivity index (χ3v) is 8.62. The number of halogens is 1. The highest BCUT2D eigenvalue weighted by molar-refractivity contribution is 7.92. The SMILES string of the molecule is Cc1cn2nc([C@@H]3CCCCN3C(=O)c3cc(Cl)ccc3NS(C)(=O)=O)cc2nc1N1C[C@@H]2[C@@H](N)[C@@H]2C1. The molecule has 3 aliphatic rings. The van der Waals surface area contributed by atoms with E-state index in [1.165, 1.54) is 12.1 Å². The van der Waals surface area contributed by atoms with Crippen molar-refractivity contribution in [3.05, 3.63) is 52.3 Å². The number of nitrogens with one attached hydrogen (secondary N) is 1. The minimum Gasteiger partial charge on any atom is -0.356 e. The zero-order chi connectivity index (χ0) is 26.1. The summed E-state index contributed by atoms with van der Waals surface area (Å²) in [5.74, 6) is 1.81. The number of nitrogens with two attached hydrogens (primary N) is 1. The van der Waals surface area contributed by atoms with Gasteiger partial charge < -0.3 is 15.5 Å². The van der Waals surface area contributed by atoms with Crippen LogP contribution in [-0.2, 0) is 10.0 Å². The van der Waals surface area contributed by atoms with E-state index in [2.05, 4.69) is 9.62 Å². The average Bonchev–Trinajstić information content (AvgIpc) is 3.21. The van der Waals surface area contributed by atoms with Crippen molar-refractivity contribution in [3.8, 4) is 0 Å². The van der Waals surface area contributed by atoms with Gasteiger partial charge in [0.1, 0.15) is 5.82 Å². The molecule has 1 amide bonds. The van der Waals surface area contributed by atoms with E-state index in [1.54, 1.807) is 15.5 Å². The summed E-state index contributed by atoms with van der Waals surface area (Å²) in [5, 5.41) is 5.17. The molecule has 2 aromatic heterocycles. The van der Waals surface area contributed by atoms with Crippen LogP contribution in [0, 0.1) is 18.8 Å². The molecule has 12 heteroatoms. The van der Waals surface area contributed by atoms with Crippen LogP contribution in [0.5, 0.6) is 0 Å². The lowest BCUT2D eigenvalue weighted by Crippen LogP contribution is -2.39. The summed E-state index contributed by atoms with van der Waals surface area (Å²) in [6.45, 7) is 4.45. The molecule has 0 bridgehead atoms. The number of nitrogens with zero attached hydrogens (tertiary/aromatic N) is 5. The number of hydrogen-bond acceptors (Lipinski definition) is 7. The Kier molecular flexibility index (Phi) is 5.85. The number of likely N-dealkylation sites (tertiary alicyclic amines) is 1. The molecular formula is C25H30ClN7O3S. The molecule has 2 aliphatic heterocycles. The number of carbonyl (C=O) groups is 1. The summed E-state index contributed by atoms with van der Waals surface area (Å²) in [5.41, 5.74) is 9.10. The van der Waals surface area contributed by atoms with Gasteiger partial charge in [-0.25, -0.2) is 17.9 Å². The van der Waals surface area contributed by atoms with Crippen molar-refractivity contribution in [2.75, 3.05) is 35.5 Å². The van der Waals surface area contributed by atoms with Crippen LogP contribution in [0.1, 0.15) is 46.9 Å². The molecule has 4 atom stereocenters. The van der Waals surface area contributed by atoms with Gasteiger partial charge in [-0.3, -0.25) is 9.52 Å². The van der Waals surface area contributed by atoms with E-state index in [-0.39, 0.29) is 23.2 Å². The predicted molar refractivity (Wildman–Crippen MR) is 142 cm³/mol. The van der Waals surface area contributed by atoms with E-state index in [1.807, 2.05) is 19.2 Å². The van der Waals surface area contributed by atoms with Gasteiger partial charge >= 0.3 is 0 Å². The molecule has 3 N–H and O–H groups in total. The van der Waals surface area contributed by atoms with Crippen LogP contribution < -0.4 is 15.4 Å². The summed E-state index contributed by atoms with van der Waals surface area (Å²) < 4.78 is 28.0. The molecule has 0 radical (unpaired) electrons. The smallest absolute Gasteiger partial charge is 0.256 e. The molecule has 1 aliphatic carbocycles. The highest BCUT2D eigenvalue weighted by atomic mass is 35.5. The quantitative estimate of drug-likeness (QED) is 0.506. The fourth-order valence-corrected chi connectivity index (χ4v) is 6.62. The predicted octanol–water partition coefficient (Wildman–Crippen LogP) is 2.82. The summed E-state index contributed by atoms with van der Waals surface area (Å²) in [6.07, 6.45) is 5.61. The zero-order valence-electron chi connectivity index (χ0n) is 20.8. The van der Waals surface area contributed by atoms with Crippen molar-refractivity contribution >= 4 is 44.7 Å². The van der Waals surface area contributed by atoms with Gasteiger partial charge in [0.05, 0.1) is 29.2 Å². The van der Waals surface area contributed by atoms with Crippen molar-refractivity contribution in [1.29, 1.82) is 0 Å². The first kappa shape index (κ1) is 24.4. The van der Waals surface area contributed by atoms with Crippen molar-refractivity contribution in [1.82, 2.24) is 19.5 Å². The van der Waals surface area contributed by atoms with Gasteiger partial charge in [0.15, 0.2) is 5.65 Å². The van der Waals surface area contributed by atoms with E-state index >= 15 is 0 Å². The number of aryl methyl sites for hydroxylation is 1. The number of piperidine rings is 2. The van der Waals surface area contributed by atoms with E-state index in [9.17, 15) is 13.2 Å². The van der Waals surface area contributed by atoms with Crippen LogP contribution in [0.2, 0.25) is 5.02 Å². The Bertz CT molecular complexity index is 1500. The fourth-order valence-electron chi connectivity index (χ4n) is 5.87. The molecule has 37 heavy (non-hydrogen) atoms. The first-order chi connectivity index (χ1) is 17.6. The van der Waals surface area contributed by atoms with Gasteiger partial charge in [0.2, 0.25) is 10.0 Å². The highest BCUT2D eigenvalue weighted by Gasteiger charge is 2.54. The third kappa shape index (κ3) is 4.53. The maximum atomic E-state index is 13.8. The number of carbonyl (C=O) groups excluding carboxylic acids is 1. The molecule has 10 nitrogen and oxygen atoms in total. The molecular weight excluding hydrogens is 514 g/mol. The van der Waals surface area contributed by atoms with Crippen molar-refractivity contribution in [3.63, 3.8) is 0 Å². The lowest BCUT2D eigenvalue weighted by Gasteiger charge is -2.35. The van der Waals surface area contributed by atoms with Crippen molar-refractivity contribution in [2.24, 2.45) is 17.6 Å². The number of amides is 1. The maximum absolute atomic E-state index is 13.8. The number of benzene rings is 1. The Balaban J connectivity index is 1.32. The number of rotatable bonds is 5. The van der Waals surface area contributed by atoms with Gasteiger partial charge in [-0.2, -0.15) is 5.10 Å². The summed E-state index contributed by atoms with van der Waals surface area (Å²) in [4.78, 5) is 22.8. The molecule has 3 aromatic rings. The van der Waals surface area contributed by atoms with Crippen molar-refractivity contribution in [2.45, 2.75) is 38.3 Å². The van der Waals surface area contributed by atoms with E-state index in [0.717, 1.165) is 61.3 Å². The first-order valence-corrected chi connectivity index (χ1v) is 14.8. The maximum Gasteiger partial charge on any atom is 0.256 e. The van der Waals surface area contributed by atoms with Crippen LogP contribution >= 0.6 is 11.6 Å². The number of fused-ring (bicyclic) bond motifs is 2. The van der Waals surface area contributed by atoms with E-state index < -0.39 is 10.0 Å². The van der Waals surface area contributed by atoms with Crippen LogP contribution in [0.3, 0.4) is 0 Å². The number of anilines is 2. The normalized spacial score (nSPS) is 25.4. The molecule has 3 fully saturated rings. The van der Waals surface area contributed by atoms with Crippen LogP contribution in [0.4, 0.5) is 11.5 Å². The molecule has 196 valence electrons. The Hall–Kier alpha value is -2.89. The Morgan fingerprint density at radius 3 is 2.68 bits per heavy atom.